The SMILES string of the molecule is NCCCOC1CCCCC1O. The quantitative estimate of drug-likeness (QED) is 0.614. The average Bonchev–Trinajstić information content (AvgIpc) is 2.09. The Balaban J connectivity index is 2.11. The Morgan fingerprint density at radius 2 is 2.08 bits per heavy atom. The van der Waals surface area contributed by atoms with Crippen molar-refractivity contribution in [1.29, 1.82) is 0 Å². The molecule has 72 valence electrons. The van der Waals surface area contributed by atoms with Crippen LogP contribution >= 0.6 is 0 Å². The van der Waals surface area contributed by atoms with E-state index in [9.17, 15) is 5.11 Å². The molecule has 1 saturated carbocycles. The molecule has 1 fully saturated rings. The zero-order chi connectivity index (χ0) is 8.81. The van der Waals surface area contributed by atoms with Crippen molar-refractivity contribution in [3.05, 3.63) is 0 Å². The Morgan fingerprint density at radius 1 is 1.33 bits per heavy atom. The minimum atomic E-state index is -0.239. The van der Waals surface area contributed by atoms with E-state index >= 15 is 0 Å². The molecule has 2 unspecified atom stereocenters. The summed E-state index contributed by atoms with van der Waals surface area (Å²) in [7, 11) is 0. The third-order valence-corrected chi connectivity index (χ3v) is 2.35. The van der Waals surface area contributed by atoms with E-state index in [0.29, 0.717) is 13.2 Å². The monoisotopic (exact) mass is 173 g/mol. The van der Waals surface area contributed by atoms with Gasteiger partial charge in [-0.1, -0.05) is 12.8 Å². The van der Waals surface area contributed by atoms with Crippen LogP contribution in [-0.2, 0) is 4.74 Å². The first kappa shape index (κ1) is 9.96. The first-order chi connectivity index (χ1) is 5.84. The first-order valence-corrected chi connectivity index (χ1v) is 4.84. The van der Waals surface area contributed by atoms with Crippen LogP contribution in [0.15, 0.2) is 0 Å². The zero-order valence-corrected chi connectivity index (χ0v) is 7.54. The third kappa shape index (κ3) is 3.09. The Morgan fingerprint density at radius 3 is 2.75 bits per heavy atom. The van der Waals surface area contributed by atoms with Gasteiger partial charge in [0.2, 0.25) is 0 Å². The van der Waals surface area contributed by atoms with E-state index in [2.05, 4.69) is 0 Å². The summed E-state index contributed by atoms with van der Waals surface area (Å²) in [4.78, 5) is 0. The minimum absolute atomic E-state index is 0.0744. The second kappa shape index (κ2) is 5.51. The van der Waals surface area contributed by atoms with E-state index in [1.165, 1.54) is 6.42 Å². The average molecular weight is 173 g/mol. The fourth-order valence-corrected chi connectivity index (χ4v) is 1.59. The van der Waals surface area contributed by atoms with Gasteiger partial charge in [-0.2, -0.15) is 0 Å². The van der Waals surface area contributed by atoms with Crippen LogP contribution < -0.4 is 5.73 Å². The van der Waals surface area contributed by atoms with Crippen LogP contribution in [0.3, 0.4) is 0 Å². The molecule has 0 amide bonds. The van der Waals surface area contributed by atoms with Crippen molar-refractivity contribution in [1.82, 2.24) is 0 Å². The van der Waals surface area contributed by atoms with Crippen molar-refractivity contribution in [3.8, 4) is 0 Å². The van der Waals surface area contributed by atoms with E-state index in [-0.39, 0.29) is 12.2 Å². The molecule has 0 radical (unpaired) electrons. The van der Waals surface area contributed by atoms with E-state index in [4.69, 9.17) is 10.5 Å². The molecule has 0 aromatic rings. The van der Waals surface area contributed by atoms with Crippen LogP contribution in [0, 0.1) is 0 Å². The molecular formula is C9H19NO2. The molecule has 0 aromatic heterocycles. The molecule has 0 bridgehead atoms. The van der Waals surface area contributed by atoms with Gasteiger partial charge in [-0.3, -0.25) is 0 Å². The van der Waals surface area contributed by atoms with Crippen molar-refractivity contribution in [3.63, 3.8) is 0 Å². The van der Waals surface area contributed by atoms with E-state index in [0.717, 1.165) is 25.7 Å². The minimum Gasteiger partial charge on any atom is -0.390 e. The summed E-state index contributed by atoms with van der Waals surface area (Å²) >= 11 is 0. The van der Waals surface area contributed by atoms with Crippen molar-refractivity contribution >= 4 is 0 Å². The van der Waals surface area contributed by atoms with Crippen LogP contribution in [0.5, 0.6) is 0 Å². The number of aliphatic hydroxyl groups is 1. The van der Waals surface area contributed by atoms with Gasteiger partial charge in [-0.05, 0) is 25.8 Å². The molecule has 2 atom stereocenters. The number of aliphatic hydroxyl groups excluding tert-OH is 1. The predicted molar refractivity (Wildman–Crippen MR) is 47.9 cm³/mol. The van der Waals surface area contributed by atoms with Crippen molar-refractivity contribution in [2.24, 2.45) is 5.73 Å². The van der Waals surface area contributed by atoms with Gasteiger partial charge >= 0.3 is 0 Å². The Hall–Kier alpha value is -0.120. The summed E-state index contributed by atoms with van der Waals surface area (Å²) in [6.45, 7) is 1.36. The fourth-order valence-electron chi connectivity index (χ4n) is 1.59. The number of nitrogens with two attached hydrogens (primary N) is 1. The first-order valence-electron chi connectivity index (χ1n) is 4.84. The lowest BCUT2D eigenvalue weighted by Gasteiger charge is -2.27. The van der Waals surface area contributed by atoms with Gasteiger partial charge in [0.1, 0.15) is 0 Å². The topological polar surface area (TPSA) is 55.5 Å². The molecule has 0 heterocycles. The molecule has 1 rings (SSSR count). The molecule has 0 saturated heterocycles. The molecule has 3 heteroatoms. The molecule has 12 heavy (non-hydrogen) atoms. The van der Waals surface area contributed by atoms with Gasteiger partial charge in [0.25, 0.3) is 0 Å². The van der Waals surface area contributed by atoms with Gasteiger partial charge in [-0.15, -0.1) is 0 Å². The lowest BCUT2D eigenvalue weighted by atomic mass is 9.95. The Kier molecular flexibility index (Phi) is 4.58. The summed E-state index contributed by atoms with van der Waals surface area (Å²) in [5, 5.41) is 9.51. The van der Waals surface area contributed by atoms with Crippen LogP contribution in [0.2, 0.25) is 0 Å². The zero-order valence-electron chi connectivity index (χ0n) is 7.54. The number of ether oxygens (including phenoxy) is 1. The van der Waals surface area contributed by atoms with Crippen molar-refractivity contribution in [2.45, 2.75) is 44.3 Å². The highest BCUT2D eigenvalue weighted by atomic mass is 16.5. The predicted octanol–water partition coefficient (Wildman–Crippen LogP) is 0.655. The van der Waals surface area contributed by atoms with Crippen LogP contribution in [0.1, 0.15) is 32.1 Å². The van der Waals surface area contributed by atoms with Gasteiger partial charge in [0, 0.05) is 6.61 Å². The van der Waals surface area contributed by atoms with Gasteiger partial charge in [0.15, 0.2) is 0 Å². The van der Waals surface area contributed by atoms with Crippen LogP contribution in [-0.4, -0.2) is 30.5 Å². The van der Waals surface area contributed by atoms with E-state index in [1.807, 2.05) is 0 Å². The van der Waals surface area contributed by atoms with E-state index < -0.39 is 0 Å². The lowest BCUT2D eigenvalue weighted by Crippen LogP contribution is -2.32. The summed E-state index contributed by atoms with van der Waals surface area (Å²) < 4.78 is 5.51. The van der Waals surface area contributed by atoms with Crippen molar-refractivity contribution < 1.29 is 9.84 Å². The van der Waals surface area contributed by atoms with Gasteiger partial charge in [-0.25, -0.2) is 0 Å². The Bertz CT molecular complexity index is 119. The van der Waals surface area contributed by atoms with Crippen LogP contribution in [0.4, 0.5) is 0 Å². The molecule has 3 nitrogen and oxygen atoms in total. The maximum atomic E-state index is 9.51. The van der Waals surface area contributed by atoms with Crippen molar-refractivity contribution in [2.75, 3.05) is 13.2 Å². The maximum Gasteiger partial charge on any atom is 0.0833 e. The molecule has 1 aliphatic carbocycles. The summed E-state index contributed by atoms with van der Waals surface area (Å²) in [6, 6.07) is 0. The molecule has 0 aliphatic heterocycles. The second-order valence-electron chi connectivity index (χ2n) is 3.40. The summed E-state index contributed by atoms with van der Waals surface area (Å²) in [5.41, 5.74) is 5.34. The molecular weight excluding hydrogens is 154 g/mol. The Labute approximate surface area is 73.9 Å². The standard InChI is InChI=1S/C9H19NO2/c10-6-3-7-12-9-5-2-1-4-8(9)11/h8-9,11H,1-7,10H2. The lowest BCUT2D eigenvalue weighted by molar-refractivity contribution is -0.0586. The normalized spacial score (nSPS) is 30.5. The number of hydrogen-bond donors (Lipinski definition) is 2. The summed E-state index contributed by atoms with van der Waals surface area (Å²) in [6.07, 6.45) is 4.95. The smallest absolute Gasteiger partial charge is 0.0833 e. The number of hydrogen-bond acceptors (Lipinski definition) is 3. The van der Waals surface area contributed by atoms with E-state index in [1.54, 1.807) is 0 Å². The molecule has 3 N–H and O–H groups in total. The maximum absolute atomic E-state index is 9.51. The number of rotatable bonds is 4. The second-order valence-corrected chi connectivity index (χ2v) is 3.40. The molecule has 0 aromatic carbocycles. The highest BCUT2D eigenvalue weighted by molar-refractivity contribution is 4.74. The van der Waals surface area contributed by atoms with Crippen LogP contribution in [0.25, 0.3) is 0 Å². The molecule has 1 aliphatic rings. The van der Waals surface area contributed by atoms with Gasteiger partial charge in [0.05, 0.1) is 12.2 Å². The largest absolute Gasteiger partial charge is 0.390 e. The van der Waals surface area contributed by atoms with Gasteiger partial charge < -0.3 is 15.6 Å². The third-order valence-electron chi connectivity index (χ3n) is 2.35. The molecule has 0 spiro atoms. The highest BCUT2D eigenvalue weighted by Gasteiger charge is 2.22. The summed E-state index contributed by atoms with van der Waals surface area (Å²) in [5.74, 6) is 0. The highest BCUT2D eigenvalue weighted by Crippen LogP contribution is 2.20. The fraction of sp³-hybridized carbons (Fsp3) is 1.00.